The maximum Gasteiger partial charge on any atom is 0.253 e. The Kier molecular flexibility index (Phi) is 5.14. The fraction of sp³-hybridized carbons (Fsp3) is 0.714. The SMILES string of the molecule is COCc1nc(N(C)C2CCC(OC)CC2)cc(=O)[nH]1. The van der Waals surface area contributed by atoms with Crippen molar-refractivity contribution in [2.24, 2.45) is 0 Å². The van der Waals surface area contributed by atoms with Crippen molar-refractivity contribution in [3.8, 4) is 0 Å². The highest BCUT2D eigenvalue weighted by Gasteiger charge is 2.24. The van der Waals surface area contributed by atoms with Crippen LogP contribution in [0, 0.1) is 0 Å². The van der Waals surface area contributed by atoms with Gasteiger partial charge >= 0.3 is 0 Å². The van der Waals surface area contributed by atoms with Crippen molar-refractivity contribution in [3.63, 3.8) is 0 Å². The van der Waals surface area contributed by atoms with Crippen molar-refractivity contribution in [2.75, 3.05) is 26.2 Å². The van der Waals surface area contributed by atoms with E-state index in [1.54, 1.807) is 20.3 Å². The predicted octanol–water partition coefficient (Wildman–Crippen LogP) is 1.31. The van der Waals surface area contributed by atoms with Gasteiger partial charge in [0, 0.05) is 33.4 Å². The third kappa shape index (κ3) is 3.58. The van der Waals surface area contributed by atoms with E-state index in [1.165, 1.54) is 0 Å². The first-order chi connectivity index (χ1) is 9.63. The van der Waals surface area contributed by atoms with Crippen LogP contribution in [0.1, 0.15) is 31.5 Å². The molecule has 6 heteroatoms. The Hall–Kier alpha value is -1.40. The summed E-state index contributed by atoms with van der Waals surface area (Å²) in [6, 6.07) is 1.95. The lowest BCUT2D eigenvalue weighted by atomic mass is 9.92. The van der Waals surface area contributed by atoms with Gasteiger partial charge in [-0.15, -0.1) is 0 Å². The highest BCUT2D eigenvalue weighted by Crippen LogP contribution is 2.26. The molecule has 0 saturated heterocycles. The molecule has 0 atom stereocenters. The molecule has 6 nitrogen and oxygen atoms in total. The van der Waals surface area contributed by atoms with E-state index >= 15 is 0 Å². The lowest BCUT2D eigenvalue weighted by molar-refractivity contribution is 0.0659. The maximum atomic E-state index is 11.7. The quantitative estimate of drug-likeness (QED) is 0.881. The summed E-state index contributed by atoms with van der Waals surface area (Å²) in [6.45, 7) is 0.313. The van der Waals surface area contributed by atoms with Crippen LogP contribution in [0.5, 0.6) is 0 Å². The zero-order valence-corrected chi connectivity index (χ0v) is 12.4. The van der Waals surface area contributed by atoms with E-state index in [-0.39, 0.29) is 5.56 Å². The zero-order valence-electron chi connectivity index (χ0n) is 12.4. The fourth-order valence-electron chi connectivity index (χ4n) is 2.74. The van der Waals surface area contributed by atoms with Gasteiger partial charge in [0.2, 0.25) is 0 Å². The van der Waals surface area contributed by atoms with Gasteiger partial charge in [0.05, 0.1) is 6.10 Å². The molecule has 0 radical (unpaired) electrons. The highest BCUT2D eigenvalue weighted by atomic mass is 16.5. The van der Waals surface area contributed by atoms with Gasteiger partial charge in [-0.1, -0.05) is 0 Å². The molecule has 1 N–H and O–H groups in total. The maximum absolute atomic E-state index is 11.7. The Morgan fingerprint density at radius 2 is 2.05 bits per heavy atom. The molecule has 0 unspecified atom stereocenters. The molecule has 1 fully saturated rings. The Morgan fingerprint density at radius 1 is 1.35 bits per heavy atom. The number of H-pyrrole nitrogens is 1. The standard InChI is InChI=1S/C14H23N3O3/c1-17(10-4-6-11(20-3)7-5-10)13-8-14(18)16-12(15-13)9-19-2/h8,10-11H,4-7,9H2,1-3H3,(H,15,16,18). The van der Waals surface area contributed by atoms with Gasteiger partial charge in [0.1, 0.15) is 18.2 Å². The van der Waals surface area contributed by atoms with Crippen molar-refractivity contribution in [3.05, 3.63) is 22.2 Å². The van der Waals surface area contributed by atoms with Crippen LogP contribution in [0.25, 0.3) is 0 Å². The minimum atomic E-state index is -0.139. The number of anilines is 1. The van der Waals surface area contributed by atoms with E-state index in [0.717, 1.165) is 25.7 Å². The average Bonchev–Trinajstić information content (AvgIpc) is 2.46. The molecular weight excluding hydrogens is 258 g/mol. The average molecular weight is 281 g/mol. The lowest BCUT2D eigenvalue weighted by Crippen LogP contribution is -2.38. The number of nitrogens with one attached hydrogen (secondary N) is 1. The second-order valence-electron chi connectivity index (χ2n) is 5.26. The molecule has 1 heterocycles. The first-order valence-electron chi connectivity index (χ1n) is 6.99. The van der Waals surface area contributed by atoms with Gasteiger partial charge in [-0.05, 0) is 25.7 Å². The largest absolute Gasteiger partial charge is 0.381 e. The summed E-state index contributed by atoms with van der Waals surface area (Å²) >= 11 is 0. The number of nitrogens with zero attached hydrogens (tertiary/aromatic N) is 2. The number of hydrogen-bond donors (Lipinski definition) is 1. The second-order valence-corrected chi connectivity index (χ2v) is 5.26. The Balaban J connectivity index is 2.09. The van der Waals surface area contributed by atoms with Gasteiger partial charge in [-0.25, -0.2) is 4.98 Å². The van der Waals surface area contributed by atoms with E-state index in [1.807, 2.05) is 7.05 Å². The van der Waals surface area contributed by atoms with Crippen LogP contribution in [-0.2, 0) is 16.1 Å². The number of ether oxygens (including phenoxy) is 2. The van der Waals surface area contributed by atoms with Crippen molar-refractivity contribution in [1.29, 1.82) is 0 Å². The van der Waals surface area contributed by atoms with Crippen LogP contribution in [0.3, 0.4) is 0 Å². The van der Waals surface area contributed by atoms with Gasteiger partial charge in [0.15, 0.2) is 0 Å². The molecule has 0 aromatic carbocycles. The monoisotopic (exact) mass is 281 g/mol. The van der Waals surface area contributed by atoms with Gasteiger partial charge in [0.25, 0.3) is 5.56 Å². The fourth-order valence-corrected chi connectivity index (χ4v) is 2.74. The minimum absolute atomic E-state index is 0.139. The highest BCUT2D eigenvalue weighted by molar-refractivity contribution is 5.37. The first kappa shape index (κ1) is 15.0. The Labute approximate surface area is 119 Å². The molecule has 0 bridgehead atoms. The third-order valence-corrected chi connectivity index (χ3v) is 3.94. The molecule has 1 saturated carbocycles. The van der Waals surface area contributed by atoms with Crippen LogP contribution >= 0.6 is 0 Å². The number of aromatic amines is 1. The van der Waals surface area contributed by atoms with Crippen molar-refractivity contribution >= 4 is 5.82 Å². The summed E-state index contributed by atoms with van der Waals surface area (Å²) in [6.07, 6.45) is 4.60. The van der Waals surface area contributed by atoms with Crippen molar-refractivity contribution < 1.29 is 9.47 Å². The van der Waals surface area contributed by atoms with E-state index in [4.69, 9.17) is 9.47 Å². The summed E-state index contributed by atoms with van der Waals surface area (Å²) in [4.78, 5) is 20.9. The topological polar surface area (TPSA) is 67.5 Å². The molecule has 1 aromatic rings. The third-order valence-electron chi connectivity index (χ3n) is 3.94. The Morgan fingerprint density at radius 3 is 2.65 bits per heavy atom. The molecule has 0 amide bonds. The Bertz CT molecular complexity index is 481. The summed E-state index contributed by atoms with van der Waals surface area (Å²) in [5, 5.41) is 0. The molecule has 0 aliphatic heterocycles. The van der Waals surface area contributed by atoms with E-state index in [2.05, 4.69) is 14.9 Å². The van der Waals surface area contributed by atoms with Gasteiger partial charge in [-0.3, -0.25) is 4.79 Å². The molecule has 112 valence electrons. The molecule has 1 aliphatic rings. The lowest BCUT2D eigenvalue weighted by Gasteiger charge is -2.34. The number of hydrogen-bond acceptors (Lipinski definition) is 5. The van der Waals surface area contributed by atoms with Gasteiger partial charge < -0.3 is 19.4 Å². The van der Waals surface area contributed by atoms with E-state index < -0.39 is 0 Å². The summed E-state index contributed by atoms with van der Waals surface area (Å²) in [7, 11) is 5.35. The summed E-state index contributed by atoms with van der Waals surface area (Å²) < 4.78 is 10.4. The molecule has 1 aliphatic carbocycles. The summed E-state index contributed by atoms with van der Waals surface area (Å²) in [5.74, 6) is 1.27. The second kappa shape index (κ2) is 6.85. The van der Waals surface area contributed by atoms with Gasteiger partial charge in [-0.2, -0.15) is 0 Å². The van der Waals surface area contributed by atoms with Crippen LogP contribution in [-0.4, -0.2) is 43.4 Å². The normalized spacial score (nSPS) is 22.8. The molecule has 0 spiro atoms. The van der Waals surface area contributed by atoms with Crippen LogP contribution < -0.4 is 10.5 Å². The van der Waals surface area contributed by atoms with Crippen LogP contribution in [0.4, 0.5) is 5.82 Å². The minimum Gasteiger partial charge on any atom is -0.381 e. The zero-order chi connectivity index (χ0) is 14.5. The van der Waals surface area contributed by atoms with Crippen molar-refractivity contribution in [1.82, 2.24) is 9.97 Å². The van der Waals surface area contributed by atoms with Crippen molar-refractivity contribution in [2.45, 2.75) is 44.4 Å². The molecular formula is C14H23N3O3. The molecule has 20 heavy (non-hydrogen) atoms. The predicted molar refractivity (Wildman–Crippen MR) is 77.0 cm³/mol. The molecule has 2 rings (SSSR count). The number of aromatic nitrogens is 2. The van der Waals surface area contributed by atoms with E-state index in [0.29, 0.717) is 30.4 Å². The number of rotatable bonds is 5. The summed E-state index contributed by atoms with van der Waals surface area (Å²) in [5.41, 5.74) is -0.139. The van der Waals surface area contributed by atoms with Crippen LogP contribution in [0.2, 0.25) is 0 Å². The molecule has 1 aromatic heterocycles. The van der Waals surface area contributed by atoms with Crippen LogP contribution in [0.15, 0.2) is 10.9 Å². The first-order valence-corrected chi connectivity index (χ1v) is 6.99. The number of methoxy groups -OCH3 is 2. The van der Waals surface area contributed by atoms with E-state index in [9.17, 15) is 4.79 Å². The smallest absolute Gasteiger partial charge is 0.253 e.